The van der Waals surface area contributed by atoms with Crippen molar-refractivity contribution >= 4 is 17.7 Å². The van der Waals surface area contributed by atoms with Gasteiger partial charge in [0.1, 0.15) is 11.9 Å². The topological polar surface area (TPSA) is 92.6 Å². The third-order valence-corrected chi connectivity index (χ3v) is 4.08. The molecule has 0 bridgehead atoms. The van der Waals surface area contributed by atoms with Gasteiger partial charge in [-0.15, -0.1) is 0 Å². The van der Waals surface area contributed by atoms with Gasteiger partial charge in [-0.1, -0.05) is 0 Å². The van der Waals surface area contributed by atoms with E-state index in [9.17, 15) is 9.59 Å². The summed E-state index contributed by atoms with van der Waals surface area (Å²) in [6.07, 6.45) is 6.38. The van der Waals surface area contributed by atoms with Crippen molar-refractivity contribution in [3.05, 3.63) is 18.7 Å². The molecule has 0 radical (unpaired) electrons. The van der Waals surface area contributed by atoms with Gasteiger partial charge >= 0.3 is 12.1 Å². The number of nitrogens with zero attached hydrogens (tertiary/aromatic N) is 3. The molecule has 3 rings (SSSR count). The number of carboxylic acid groups (broad SMARTS) is 1. The molecule has 2 heterocycles. The molecular weight excluding hydrogens is 262 g/mol. The van der Waals surface area contributed by atoms with E-state index in [1.807, 2.05) is 0 Å². The summed E-state index contributed by atoms with van der Waals surface area (Å²) >= 11 is 0. The Morgan fingerprint density at radius 3 is 2.60 bits per heavy atom. The largest absolute Gasteiger partial charge is 0.481 e. The average Bonchev–Trinajstić information content (AvgIpc) is 2.77. The Balaban J connectivity index is 1.73. The van der Waals surface area contributed by atoms with E-state index in [0.717, 1.165) is 0 Å². The maximum atomic E-state index is 12.0. The van der Waals surface area contributed by atoms with Gasteiger partial charge in [0, 0.05) is 0 Å². The first-order valence-corrected chi connectivity index (χ1v) is 6.58. The second-order valence-electron chi connectivity index (χ2n) is 5.35. The second kappa shape index (κ2) is 4.73. The molecule has 1 amide bonds. The highest BCUT2D eigenvalue weighted by atomic mass is 16.6. The van der Waals surface area contributed by atoms with Gasteiger partial charge in [-0.2, -0.15) is 0 Å². The quantitative estimate of drug-likeness (QED) is 0.879. The number of carbonyl (C=O) groups excluding carboxylic acids is 1. The molecule has 2 aliphatic rings. The van der Waals surface area contributed by atoms with Gasteiger partial charge in [-0.3, -0.25) is 9.69 Å². The molecule has 1 N–H and O–H groups in total. The normalized spacial score (nSPS) is 29.5. The van der Waals surface area contributed by atoms with Gasteiger partial charge < -0.3 is 9.84 Å². The minimum Gasteiger partial charge on any atom is -0.481 e. The molecule has 1 aromatic rings. The number of amides is 1. The lowest BCUT2D eigenvalue weighted by Crippen LogP contribution is -2.40. The average molecular weight is 277 g/mol. The van der Waals surface area contributed by atoms with Crippen molar-refractivity contribution in [2.24, 2.45) is 5.92 Å². The fraction of sp³-hybridized carbons (Fsp3) is 0.538. The molecule has 0 unspecified atom stereocenters. The Morgan fingerprint density at radius 2 is 2.00 bits per heavy atom. The number of aliphatic carboxylic acids is 1. The molecule has 2 fully saturated rings. The van der Waals surface area contributed by atoms with E-state index >= 15 is 0 Å². The number of anilines is 1. The third-order valence-electron chi connectivity index (χ3n) is 4.08. The van der Waals surface area contributed by atoms with Crippen molar-refractivity contribution in [3.63, 3.8) is 0 Å². The molecule has 1 spiro atoms. The first-order chi connectivity index (χ1) is 9.60. The molecule has 1 aliphatic carbocycles. The summed E-state index contributed by atoms with van der Waals surface area (Å²) in [6, 6.07) is 0. The monoisotopic (exact) mass is 277 g/mol. The highest BCUT2D eigenvalue weighted by Gasteiger charge is 2.48. The number of rotatable bonds is 2. The Kier molecular flexibility index (Phi) is 3.04. The number of carbonyl (C=O) groups is 2. The van der Waals surface area contributed by atoms with Crippen molar-refractivity contribution in [2.45, 2.75) is 31.3 Å². The molecular formula is C13H15N3O4. The fourth-order valence-electron chi connectivity index (χ4n) is 2.90. The van der Waals surface area contributed by atoms with E-state index in [2.05, 4.69) is 9.97 Å². The summed E-state index contributed by atoms with van der Waals surface area (Å²) < 4.78 is 5.52. The van der Waals surface area contributed by atoms with E-state index in [0.29, 0.717) is 37.9 Å². The highest BCUT2D eigenvalue weighted by Crippen LogP contribution is 2.40. The predicted octanol–water partition coefficient (Wildman–Crippen LogP) is 1.45. The SMILES string of the molecule is O=C1O[C@]2(CC[C@@H](C(=O)O)CC2)CN1c1cncnc1. The summed E-state index contributed by atoms with van der Waals surface area (Å²) in [6.45, 7) is 0.436. The van der Waals surface area contributed by atoms with Crippen LogP contribution in [-0.2, 0) is 9.53 Å². The smallest absolute Gasteiger partial charge is 0.415 e. The van der Waals surface area contributed by atoms with Crippen LogP contribution >= 0.6 is 0 Å². The number of hydrogen-bond acceptors (Lipinski definition) is 5. The van der Waals surface area contributed by atoms with Gasteiger partial charge in [0.15, 0.2) is 0 Å². The lowest BCUT2D eigenvalue weighted by molar-refractivity contribution is -0.144. The van der Waals surface area contributed by atoms with Crippen LogP contribution in [0.2, 0.25) is 0 Å². The Morgan fingerprint density at radius 1 is 1.35 bits per heavy atom. The van der Waals surface area contributed by atoms with Crippen LogP contribution in [0.3, 0.4) is 0 Å². The van der Waals surface area contributed by atoms with E-state index in [1.54, 1.807) is 12.4 Å². The van der Waals surface area contributed by atoms with Crippen LogP contribution in [0.15, 0.2) is 18.7 Å². The molecule has 106 valence electrons. The van der Waals surface area contributed by atoms with Crippen LogP contribution in [0.5, 0.6) is 0 Å². The van der Waals surface area contributed by atoms with Gasteiger partial charge in [0.05, 0.1) is 30.5 Å². The zero-order chi connectivity index (χ0) is 14.2. The van der Waals surface area contributed by atoms with Crippen molar-refractivity contribution in [1.82, 2.24) is 9.97 Å². The lowest BCUT2D eigenvalue weighted by atomic mass is 9.79. The van der Waals surface area contributed by atoms with Crippen LogP contribution in [-0.4, -0.2) is 39.3 Å². The van der Waals surface area contributed by atoms with Crippen LogP contribution in [0.25, 0.3) is 0 Å². The fourth-order valence-corrected chi connectivity index (χ4v) is 2.90. The van der Waals surface area contributed by atoms with Crippen molar-refractivity contribution in [2.75, 3.05) is 11.4 Å². The molecule has 7 nitrogen and oxygen atoms in total. The molecule has 1 saturated carbocycles. The minimum absolute atomic E-state index is 0.326. The molecule has 1 saturated heterocycles. The Labute approximate surface area is 115 Å². The maximum Gasteiger partial charge on any atom is 0.415 e. The minimum atomic E-state index is -0.766. The standard InChI is InChI=1S/C13H15N3O4/c17-11(18)9-1-3-13(4-2-9)7-16(12(19)20-13)10-5-14-8-15-6-10/h5-6,8-9H,1-4,7H2,(H,17,18)/t9-,13+. The maximum absolute atomic E-state index is 12.0. The molecule has 0 atom stereocenters. The molecule has 20 heavy (non-hydrogen) atoms. The van der Waals surface area contributed by atoms with Crippen LogP contribution in [0.4, 0.5) is 10.5 Å². The zero-order valence-electron chi connectivity index (χ0n) is 10.9. The van der Waals surface area contributed by atoms with Gasteiger partial charge in [0.2, 0.25) is 0 Å². The summed E-state index contributed by atoms with van der Waals surface area (Å²) in [5.41, 5.74) is 0.0496. The number of carboxylic acids is 1. The van der Waals surface area contributed by atoms with Gasteiger partial charge in [-0.25, -0.2) is 14.8 Å². The number of aromatic nitrogens is 2. The van der Waals surface area contributed by atoms with Crippen molar-refractivity contribution < 1.29 is 19.4 Å². The molecule has 0 aromatic carbocycles. The first-order valence-electron chi connectivity index (χ1n) is 6.58. The van der Waals surface area contributed by atoms with Crippen LogP contribution in [0, 0.1) is 5.92 Å². The Bertz CT molecular complexity index is 526. The molecule has 1 aromatic heterocycles. The second-order valence-corrected chi connectivity index (χ2v) is 5.35. The zero-order valence-corrected chi connectivity index (χ0v) is 10.9. The van der Waals surface area contributed by atoms with Gasteiger partial charge in [-0.05, 0) is 25.7 Å². The van der Waals surface area contributed by atoms with Crippen LogP contribution < -0.4 is 4.90 Å². The summed E-state index contributed by atoms with van der Waals surface area (Å²) in [4.78, 5) is 32.3. The summed E-state index contributed by atoms with van der Waals surface area (Å²) in [7, 11) is 0. The van der Waals surface area contributed by atoms with Crippen LogP contribution in [0.1, 0.15) is 25.7 Å². The van der Waals surface area contributed by atoms with E-state index in [-0.39, 0.29) is 5.92 Å². The van der Waals surface area contributed by atoms with E-state index in [1.165, 1.54) is 11.2 Å². The predicted molar refractivity (Wildman–Crippen MR) is 68.2 cm³/mol. The van der Waals surface area contributed by atoms with Gasteiger partial charge in [0.25, 0.3) is 0 Å². The summed E-state index contributed by atoms with van der Waals surface area (Å²) in [5.74, 6) is -1.09. The number of hydrogen-bond donors (Lipinski definition) is 1. The summed E-state index contributed by atoms with van der Waals surface area (Å²) in [5, 5.41) is 9.02. The van der Waals surface area contributed by atoms with Crippen molar-refractivity contribution in [3.8, 4) is 0 Å². The van der Waals surface area contributed by atoms with Crippen molar-refractivity contribution in [1.29, 1.82) is 0 Å². The molecule has 1 aliphatic heterocycles. The van der Waals surface area contributed by atoms with E-state index in [4.69, 9.17) is 9.84 Å². The van der Waals surface area contributed by atoms with E-state index < -0.39 is 17.7 Å². The lowest BCUT2D eigenvalue weighted by Gasteiger charge is -2.33. The third kappa shape index (κ3) is 2.19. The Hall–Kier alpha value is -2.18. The first kappa shape index (κ1) is 12.8. The number of ether oxygens (including phenoxy) is 1. The highest BCUT2D eigenvalue weighted by molar-refractivity contribution is 5.89. The molecule has 7 heteroatoms.